The first-order valence-electron chi connectivity index (χ1n) is 10.2. The van der Waals surface area contributed by atoms with Crippen molar-refractivity contribution in [2.45, 2.75) is 45.4 Å². The third kappa shape index (κ3) is 4.38. The summed E-state index contributed by atoms with van der Waals surface area (Å²) >= 11 is 0. The van der Waals surface area contributed by atoms with Crippen LogP contribution in [-0.2, 0) is 4.74 Å². The van der Waals surface area contributed by atoms with Crippen LogP contribution in [0, 0.1) is 0 Å². The van der Waals surface area contributed by atoms with Gasteiger partial charge < -0.3 is 10.1 Å². The lowest BCUT2D eigenvalue weighted by molar-refractivity contribution is -0.0933. The summed E-state index contributed by atoms with van der Waals surface area (Å²) in [6.45, 7) is 11.5. The van der Waals surface area contributed by atoms with E-state index < -0.39 is 0 Å². The molecule has 152 valence electrons. The highest BCUT2D eigenvalue weighted by molar-refractivity contribution is 5.90. The first-order chi connectivity index (χ1) is 13.9. The number of hydrogen-bond donors (Lipinski definition) is 1. The topological polar surface area (TPSA) is 63.2 Å². The van der Waals surface area contributed by atoms with Gasteiger partial charge in [-0.05, 0) is 52.0 Å². The van der Waals surface area contributed by atoms with Crippen LogP contribution in [0.15, 0.2) is 48.8 Å². The van der Waals surface area contributed by atoms with Gasteiger partial charge in [-0.2, -0.15) is 0 Å². The summed E-state index contributed by atoms with van der Waals surface area (Å²) in [6, 6.07) is 12.0. The summed E-state index contributed by atoms with van der Waals surface area (Å²) in [6.07, 6.45) is 4.05. The smallest absolute Gasteiger partial charge is 0.163 e. The highest BCUT2D eigenvalue weighted by Gasteiger charge is 2.33. The van der Waals surface area contributed by atoms with Crippen molar-refractivity contribution in [2.24, 2.45) is 0 Å². The minimum absolute atomic E-state index is 0.0349. The van der Waals surface area contributed by atoms with E-state index in [0.717, 1.165) is 41.9 Å². The molecular weight excluding hydrogens is 362 g/mol. The number of morpholine rings is 1. The van der Waals surface area contributed by atoms with E-state index in [4.69, 9.17) is 14.7 Å². The van der Waals surface area contributed by atoms with Gasteiger partial charge in [0, 0.05) is 48.5 Å². The fourth-order valence-corrected chi connectivity index (χ4v) is 3.92. The number of nitrogens with one attached hydrogen (secondary N) is 1. The van der Waals surface area contributed by atoms with E-state index in [-0.39, 0.29) is 17.7 Å². The van der Waals surface area contributed by atoms with Crippen molar-refractivity contribution in [1.82, 2.24) is 19.9 Å². The van der Waals surface area contributed by atoms with Crippen LogP contribution in [0.5, 0.6) is 0 Å². The Hall–Kier alpha value is -2.57. The van der Waals surface area contributed by atoms with Crippen molar-refractivity contribution < 1.29 is 4.74 Å². The van der Waals surface area contributed by atoms with Crippen molar-refractivity contribution in [1.29, 1.82) is 0 Å². The van der Waals surface area contributed by atoms with Crippen molar-refractivity contribution in [2.75, 3.05) is 25.0 Å². The molecule has 2 aromatic heterocycles. The van der Waals surface area contributed by atoms with Crippen LogP contribution in [0.1, 0.15) is 27.7 Å². The zero-order chi connectivity index (χ0) is 20.4. The first kappa shape index (κ1) is 19.7. The van der Waals surface area contributed by atoms with E-state index in [1.54, 1.807) is 12.4 Å². The van der Waals surface area contributed by atoms with Gasteiger partial charge in [-0.1, -0.05) is 12.1 Å². The molecule has 1 N–H and O–H groups in total. The van der Waals surface area contributed by atoms with E-state index in [9.17, 15) is 0 Å². The minimum atomic E-state index is -0.0349. The predicted molar refractivity (Wildman–Crippen MR) is 117 cm³/mol. The van der Waals surface area contributed by atoms with Crippen LogP contribution in [0.4, 0.5) is 5.82 Å². The molecule has 1 saturated heterocycles. The molecular formula is C23H29N5O. The van der Waals surface area contributed by atoms with Crippen molar-refractivity contribution >= 4 is 16.7 Å². The van der Waals surface area contributed by atoms with Crippen molar-refractivity contribution in [3.05, 3.63) is 48.8 Å². The molecule has 6 nitrogen and oxygen atoms in total. The Bertz CT molecular complexity index is 965. The fourth-order valence-electron chi connectivity index (χ4n) is 3.92. The summed E-state index contributed by atoms with van der Waals surface area (Å²) in [5.41, 5.74) is 1.80. The van der Waals surface area contributed by atoms with Crippen molar-refractivity contribution in [3.63, 3.8) is 0 Å². The van der Waals surface area contributed by atoms with Gasteiger partial charge in [0.05, 0.1) is 17.7 Å². The number of rotatable bonds is 5. The molecule has 4 rings (SSSR count). The Kier molecular flexibility index (Phi) is 5.48. The number of hydrogen-bond acceptors (Lipinski definition) is 6. The molecule has 1 aliphatic heterocycles. The minimum Gasteiger partial charge on any atom is -0.373 e. The zero-order valence-corrected chi connectivity index (χ0v) is 17.6. The van der Waals surface area contributed by atoms with Gasteiger partial charge >= 0.3 is 0 Å². The summed E-state index contributed by atoms with van der Waals surface area (Å²) in [5.74, 6) is 1.54. The average Bonchev–Trinajstić information content (AvgIpc) is 2.72. The second kappa shape index (κ2) is 8.05. The molecule has 29 heavy (non-hydrogen) atoms. The molecule has 0 unspecified atom stereocenters. The number of pyridine rings is 1. The molecule has 0 bridgehead atoms. The standard InChI is InChI=1S/C23H29N5O/c1-16-13-28(14-17(2)29-16)23(3,4)15-25-22-19-9-5-6-10-20(19)26-21(27-22)18-8-7-11-24-12-18/h5-12,16-17H,13-15H2,1-4H3,(H,25,26,27)/t16-,17+. The van der Waals surface area contributed by atoms with E-state index in [0.29, 0.717) is 5.82 Å². The van der Waals surface area contributed by atoms with E-state index in [2.05, 4.69) is 49.0 Å². The second-order valence-electron chi connectivity index (χ2n) is 8.48. The molecule has 0 aliphatic carbocycles. The SMILES string of the molecule is C[C@@H]1CN(C(C)(C)CNc2nc(-c3cccnc3)nc3ccccc23)C[C@H](C)O1. The first-order valence-corrected chi connectivity index (χ1v) is 10.2. The van der Waals surface area contributed by atoms with Crippen LogP contribution >= 0.6 is 0 Å². The molecule has 0 amide bonds. The Morgan fingerprint density at radius 1 is 1.07 bits per heavy atom. The van der Waals surface area contributed by atoms with Crippen LogP contribution in [0.3, 0.4) is 0 Å². The maximum Gasteiger partial charge on any atom is 0.163 e. The van der Waals surface area contributed by atoms with Crippen LogP contribution in [0.2, 0.25) is 0 Å². The number of benzene rings is 1. The van der Waals surface area contributed by atoms with E-state index in [1.807, 2.05) is 30.3 Å². The maximum absolute atomic E-state index is 5.91. The van der Waals surface area contributed by atoms with Gasteiger partial charge in [0.1, 0.15) is 5.82 Å². The maximum atomic E-state index is 5.91. The van der Waals surface area contributed by atoms with Crippen LogP contribution < -0.4 is 5.32 Å². The molecule has 1 aliphatic rings. The lowest BCUT2D eigenvalue weighted by Crippen LogP contribution is -2.57. The fraction of sp³-hybridized carbons (Fsp3) is 0.435. The third-order valence-electron chi connectivity index (χ3n) is 5.49. The molecule has 6 heteroatoms. The van der Waals surface area contributed by atoms with Gasteiger partial charge in [0.25, 0.3) is 0 Å². The third-order valence-corrected chi connectivity index (χ3v) is 5.49. The van der Waals surface area contributed by atoms with Gasteiger partial charge in [-0.15, -0.1) is 0 Å². The molecule has 3 aromatic rings. The number of anilines is 1. The van der Waals surface area contributed by atoms with Crippen LogP contribution in [-0.4, -0.2) is 57.2 Å². The van der Waals surface area contributed by atoms with Gasteiger partial charge in [-0.3, -0.25) is 9.88 Å². The average molecular weight is 392 g/mol. The van der Waals surface area contributed by atoms with Gasteiger partial charge in [0.15, 0.2) is 5.82 Å². The quantitative estimate of drug-likeness (QED) is 0.709. The predicted octanol–water partition coefficient (Wildman–Crippen LogP) is 3.99. The van der Waals surface area contributed by atoms with E-state index in [1.165, 1.54) is 0 Å². The monoisotopic (exact) mass is 391 g/mol. The summed E-state index contributed by atoms with van der Waals surface area (Å²) in [4.78, 5) is 16.3. The molecule has 2 atom stereocenters. The number of para-hydroxylation sites is 1. The Morgan fingerprint density at radius 3 is 2.55 bits per heavy atom. The van der Waals surface area contributed by atoms with Crippen molar-refractivity contribution in [3.8, 4) is 11.4 Å². The Balaban J connectivity index is 1.61. The zero-order valence-electron chi connectivity index (χ0n) is 17.6. The molecule has 0 saturated carbocycles. The van der Waals surface area contributed by atoms with Gasteiger partial charge in [0.2, 0.25) is 0 Å². The number of nitrogens with zero attached hydrogens (tertiary/aromatic N) is 4. The molecule has 3 heterocycles. The Labute approximate surface area is 172 Å². The van der Waals surface area contributed by atoms with Crippen LogP contribution in [0.25, 0.3) is 22.3 Å². The molecule has 0 radical (unpaired) electrons. The summed E-state index contributed by atoms with van der Waals surface area (Å²) in [7, 11) is 0. The number of aromatic nitrogens is 3. The number of fused-ring (bicyclic) bond motifs is 1. The highest BCUT2D eigenvalue weighted by atomic mass is 16.5. The summed E-state index contributed by atoms with van der Waals surface area (Å²) < 4.78 is 5.91. The molecule has 1 aromatic carbocycles. The Morgan fingerprint density at radius 2 is 1.83 bits per heavy atom. The molecule has 1 fully saturated rings. The second-order valence-corrected chi connectivity index (χ2v) is 8.48. The number of ether oxygens (including phenoxy) is 1. The lowest BCUT2D eigenvalue weighted by Gasteiger charge is -2.45. The normalized spacial score (nSPS) is 20.7. The van der Waals surface area contributed by atoms with E-state index >= 15 is 0 Å². The highest BCUT2D eigenvalue weighted by Crippen LogP contribution is 2.26. The molecule has 0 spiro atoms. The van der Waals surface area contributed by atoms with Gasteiger partial charge in [-0.25, -0.2) is 9.97 Å². The largest absolute Gasteiger partial charge is 0.373 e. The lowest BCUT2D eigenvalue weighted by atomic mass is 10.00. The summed E-state index contributed by atoms with van der Waals surface area (Å²) in [5, 5.41) is 4.64.